The van der Waals surface area contributed by atoms with Crippen LogP contribution in [0.15, 0.2) is 43.2 Å². The van der Waals surface area contributed by atoms with E-state index in [1.54, 1.807) is 0 Å². The number of nitrogen functional groups attached to an aromatic ring is 1. The second-order valence-corrected chi connectivity index (χ2v) is 8.25. The Balaban J connectivity index is 2.33. The van der Waals surface area contributed by atoms with Crippen LogP contribution >= 0.6 is 27.7 Å². The van der Waals surface area contributed by atoms with Crippen molar-refractivity contribution >= 4 is 45.1 Å². The van der Waals surface area contributed by atoms with E-state index < -0.39 is 11.2 Å². The number of carbonyl (C=O) groups is 1. The van der Waals surface area contributed by atoms with Crippen LogP contribution < -0.4 is 21.9 Å². The van der Waals surface area contributed by atoms with E-state index in [0.717, 1.165) is 22.2 Å². The van der Waals surface area contributed by atoms with Crippen molar-refractivity contribution in [2.45, 2.75) is 44.6 Å². The molecule has 0 spiro atoms. The standard InChI is InChI=1S/C19H25BrN4O3S/c1-3-5-11-23(15(25)12-28-14-8-6-13(20)7-9-14)16-17(21)24(10-4-2)19(27)22-18(16)26/h6-9H,3-5,10-12,21H2,1-2H3,(H,22,26,27). The van der Waals surface area contributed by atoms with Crippen LogP contribution in [0.5, 0.6) is 0 Å². The number of nitrogens with one attached hydrogen (secondary N) is 1. The zero-order valence-corrected chi connectivity index (χ0v) is 18.4. The van der Waals surface area contributed by atoms with Gasteiger partial charge in [-0.3, -0.25) is 19.1 Å². The number of benzene rings is 1. The Morgan fingerprint density at radius 1 is 1.21 bits per heavy atom. The highest BCUT2D eigenvalue weighted by molar-refractivity contribution is 9.10. The maximum atomic E-state index is 12.9. The fraction of sp³-hybridized carbons (Fsp3) is 0.421. The third kappa shape index (κ3) is 5.51. The van der Waals surface area contributed by atoms with E-state index >= 15 is 0 Å². The summed E-state index contributed by atoms with van der Waals surface area (Å²) in [5.74, 6) is -0.0223. The summed E-state index contributed by atoms with van der Waals surface area (Å²) in [6, 6.07) is 7.65. The summed E-state index contributed by atoms with van der Waals surface area (Å²) < 4.78 is 2.27. The van der Waals surface area contributed by atoms with Gasteiger partial charge in [0.2, 0.25) is 5.91 Å². The van der Waals surface area contributed by atoms with Gasteiger partial charge in [0.25, 0.3) is 5.56 Å². The molecule has 0 aliphatic heterocycles. The van der Waals surface area contributed by atoms with Gasteiger partial charge in [0.15, 0.2) is 5.69 Å². The molecule has 3 N–H and O–H groups in total. The molecule has 0 fully saturated rings. The summed E-state index contributed by atoms with van der Waals surface area (Å²) in [4.78, 5) is 42.1. The number of unbranched alkanes of at least 4 members (excludes halogenated alkanes) is 1. The molecule has 152 valence electrons. The molecule has 0 saturated carbocycles. The number of hydrogen-bond donors (Lipinski definition) is 2. The lowest BCUT2D eigenvalue weighted by atomic mass is 10.2. The number of H-pyrrole nitrogens is 1. The lowest BCUT2D eigenvalue weighted by molar-refractivity contribution is -0.116. The maximum absolute atomic E-state index is 12.9. The topological polar surface area (TPSA) is 101 Å². The number of anilines is 2. The molecule has 0 bridgehead atoms. The van der Waals surface area contributed by atoms with Crippen molar-refractivity contribution in [3.05, 3.63) is 49.6 Å². The second kappa shape index (κ2) is 10.5. The Morgan fingerprint density at radius 3 is 2.50 bits per heavy atom. The number of aromatic amines is 1. The van der Waals surface area contributed by atoms with Gasteiger partial charge < -0.3 is 10.6 Å². The molecule has 9 heteroatoms. The summed E-state index contributed by atoms with van der Waals surface area (Å²) >= 11 is 4.77. The van der Waals surface area contributed by atoms with Crippen LogP contribution in [0.25, 0.3) is 0 Å². The van der Waals surface area contributed by atoms with Crippen molar-refractivity contribution in [2.24, 2.45) is 0 Å². The summed E-state index contributed by atoms with van der Waals surface area (Å²) in [6.45, 7) is 4.65. The van der Waals surface area contributed by atoms with E-state index in [1.165, 1.54) is 21.2 Å². The van der Waals surface area contributed by atoms with Gasteiger partial charge in [0.05, 0.1) is 5.75 Å². The van der Waals surface area contributed by atoms with Gasteiger partial charge >= 0.3 is 5.69 Å². The molecule has 1 aromatic heterocycles. The van der Waals surface area contributed by atoms with E-state index in [2.05, 4.69) is 20.9 Å². The molecular weight excluding hydrogens is 444 g/mol. The zero-order valence-electron chi connectivity index (χ0n) is 16.0. The molecule has 0 atom stereocenters. The first-order chi connectivity index (χ1) is 13.4. The number of carbonyl (C=O) groups excluding carboxylic acids is 1. The average Bonchev–Trinajstić information content (AvgIpc) is 2.66. The third-order valence-corrected chi connectivity index (χ3v) is 5.67. The van der Waals surface area contributed by atoms with Crippen molar-refractivity contribution < 1.29 is 4.79 Å². The van der Waals surface area contributed by atoms with Crippen LogP contribution in [0.4, 0.5) is 11.5 Å². The number of thioether (sulfide) groups is 1. The minimum absolute atomic E-state index is 0.0358. The monoisotopic (exact) mass is 468 g/mol. The molecule has 28 heavy (non-hydrogen) atoms. The van der Waals surface area contributed by atoms with E-state index in [-0.39, 0.29) is 23.2 Å². The van der Waals surface area contributed by atoms with Crippen LogP contribution in [-0.4, -0.2) is 27.8 Å². The SMILES string of the molecule is CCCCN(C(=O)CSc1ccc(Br)cc1)c1c(N)n(CCC)c(=O)[nH]c1=O. The van der Waals surface area contributed by atoms with E-state index in [0.29, 0.717) is 19.5 Å². The van der Waals surface area contributed by atoms with Crippen LogP contribution in [0.1, 0.15) is 33.1 Å². The van der Waals surface area contributed by atoms with E-state index in [4.69, 9.17) is 5.73 Å². The Kier molecular flexibility index (Phi) is 8.37. The van der Waals surface area contributed by atoms with Gasteiger partial charge in [-0.15, -0.1) is 11.8 Å². The highest BCUT2D eigenvalue weighted by Crippen LogP contribution is 2.23. The van der Waals surface area contributed by atoms with Gasteiger partial charge in [-0.1, -0.05) is 36.2 Å². The van der Waals surface area contributed by atoms with Crippen molar-refractivity contribution in [3.63, 3.8) is 0 Å². The van der Waals surface area contributed by atoms with Crippen LogP contribution in [0.3, 0.4) is 0 Å². The second-order valence-electron chi connectivity index (χ2n) is 6.29. The normalized spacial score (nSPS) is 10.8. The fourth-order valence-corrected chi connectivity index (χ4v) is 3.75. The van der Waals surface area contributed by atoms with Crippen LogP contribution in [0.2, 0.25) is 0 Å². The Morgan fingerprint density at radius 2 is 1.89 bits per heavy atom. The highest BCUT2D eigenvalue weighted by Gasteiger charge is 2.23. The maximum Gasteiger partial charge on any atom is 0.330 e. The van der Waals surface area contributed by atoms with Crippen molar-refractivity contribution in [3.8, 4) is 0 Å². The van der Waals surface area contributed by atoms with Crippen LogP contribution in [0, 0.1) is 0 Å². The number of amides is 1. The van der Waals surface area contributed by atoms with Gasteiger partial charge in [-0.05, 0) is 37.1 Å². The Hall–Kier alpha value is -2.00. The summed E-state index contributed by atoms with van der Waals surface area (Å²) in [5, 5.41) is 0. The summed E-state index contributed by atoms with van der Waals surface area (Å²) in [5.41, 5.74) is 5.01. The number of nitrogens with zero attached hydrogens (tertiary/aromatic N) is 2. The first kappa shape index (κ1) is 22.3. The van der Waals surface area contributed by atoms with Crippen molar-refractivity contribution in [1.29, 1.82) is 0 Å². The smallest absolute Gasteiger partial charge is 0.330 e. The molecule has 1 amide bonds. The minimum atomic E-state index is -0.632. The molecule has 0 saturated heterocycles. The number of hydrogen-bond acceptors (Lipinski definition) is 5. The largest absolute Gasteiger partial charge is 0.383 e. The first-order valence-corrected chi connectivity index (χ1v) is 11.0. The van der Waals surface area contributed by atoms with Crippen molar-refractivity contribution in [1.82, 2.24) is 9.55 Å². The number of rotatable bonds is 9. The van der Waals surface area contributed by atoms with E-state index in [1.807, 2.05) is 38.1 Å². The molecular formula is C19H25BrN4O3S. The fourth-order valence-electron chi connectivity index (χ4n) is 2.72. The van der Waals surface area contributed by atoms with Crippen LogP contribution in [-0.2, 0) is 11.3 Å². The van der Waals surface area contributed by atoms with Gasteiger partial charge in [0, 0.05) is 22.5 Å². The van der Waals surface area contributed by atoms with Crippen molar-refractivity contribution in [2.75, 3.05) is 22.9 Å². The lowest BCUT2D eigenvalue weighted by Gasteiger charge is -2.24. The molecule has 7 nitrogen and oxygen atoms in total. The third-order valence-electron chi connectivity index (χ3n) is 4.14. The Bertz CT molecular complexity index is 924. The molecule has 0 aliphatic rings. The zero-order chi connectivity index (χ0) is 20.7. The molecule has 0 unspecified atom stereocenters. The molecule has 2 rings (SSSR count). The summed E-state index contributed by atoms with van der Waals surface area (Å²) in [6.07, 6.45) is 2.26. The number of aromatic nitrogens is 2. The molecule has 0 radical (unpaired) electrons. The average molecular weight is 469 g/mol. The molecule has 0 aliphatic carbocycles. The predicted octanol–water partition coefficient (Wildman–Crippen LogP) is 3.22. The van der Waals surface area contributed by atoms with Gasteiger partial charge in [-0.25, -0.2) is 4.79 Å². The van der Waals surface area contributed by atoms with Gasteiger partial charge in [-0.2, -0.15) is 0 Å². The summed E-state index contributed by atoms with van der Waals surface area (Å²) in [7, 11) is 0. The Labute approximate surface area is 176 Å². The first-order valence-electron chi connectivity index (χ1n) is 9.20. The molecule has 1 heterocycles. The van der Waals surface area contributed by atoms with Gasteiger partial charge in [0.1, 0.15) is 5.82 Å². The molecule has 1 aromatic carbocycles. The quantitative estimate of drug-likeness (QED) is 0.550. The predicted molar refractivity (Wildman–Crippen MR) is 118 cm³/mol. The number of halogens is 1. The van der Waals surface area contributed by atoms with E-state index in [9.17, 15) is 14.4 Å². The minimum Gasteiger partial charge on any atom is -0.383 e. The highest BCUT2D eigenvalue weighted by atomic mass is 79.9. The lowest BCUT2D eigenvalue weighted by Crippen LogP contribution is -2.42. The number of nitrogens with two attached hydrogens (primary N) is 1. The molecule has 2 aromatic rings.